The molecule has 0 amide bonds. The van der Waals surface area contributed by atoms with Gasteiger partial charge in [-0.3, -0.25) is 4.79 Å². The first-order valence-electron chi connectivity index (χ1n) is 7.59. The number of aromatic carboxylic acids is 1. The summed E-state index contributed by atoms with van der Waals surface area (Å²) in [4.78, 5) is 27.8. The maximum atomic E-state index is 14.6. The molecule has 7 heteroatoms. The van der Waals surface area contributed by atoms with Gasteiger partial charge in [-0.05, 0) is 31.9 Å². The van der Waals surface area contributed by atoms with Gasteiger partial charge in [0.25, 0.3) is 0 Å². The van der Waals surface area contributed by atoms with Crippen LogP contribution in [0.5, 0.6) is 0 Å². The number of rotatable bonds is 3. The lowest BCUT2D eigenvalue weighted by molar-refractivity contribution is 0.0695. The molecule has 4 rings (SSSR count). The molecule has 3 aromatic rings. The Kier molecular flexibility index (Phi) is 3.06. The lowest BCUT2D eigenvalue weighted by atomic mass is 10.1. The van der Waals surface area contributed by atoms with Gasteiger partial charge in [0.15, 0.2) is 0 Å². The van der Waals surface area contributed by atoms with E-state index in [1.165, 1.54) is 6.20 Å². The smallest absolute Gasteiger partial charge is 0.341 e. The number of pyridine rings is 1. The summed E-state index contributed by atoms with van der Waals surface area (Å²) >= 11 is 0. The molecular formula is C17H14FN3O3. The summed E-state index contributed by atoms with van der Waals surface area (Å²) in [6.45, 7) is 1.76. The van der Waals surface area contributed by atoms with Crippen molar-refractivity contribution in [3.63, 3.8) is 0 Å². The SMILES string of the molecule is Cc1nccn1-c1cc2c(cc1F)c(=O)c(C(=O)O)cn2C1CC1. The predicted molar refractivity (Wildman–Crippen MR) is 85.3 cm³/mol. The van der Waals surface area contributed by atoms with Gasteiger partial charge in [-0.25, -0.2) is 14.2 Å². The van der Waals surface area contributed by atoms with Crippen LogP contribution in [-0.4, -0.2) is 25.2 Å². The van der Waals surface area contributed by atoms with Crippen molar-refractivity contribution in [1.29, 1.82) is 0 Å². The summed E-state index contributed by atoms with van der Waals surface area (Å²) in [5.74, 6) is -1.27. The predicted octanol–water partition coefficient (Wildman–Crippen LogP) is 2.67. The van der Waals surface area contributed by atoms with Crippen LogP contribution in [0.1, 0.15) is 35.1 Å². The van der Waals surface area contributed by atoms with Crippen LogP contribution in [0.4, 0.5) is 4.39 Å². The molecule has 1 saturated carbocycles. The zero-order valence-corrected chi connectivity index (χ0v) is 12.9. The van der Waals surface area contributed by atoms with Gasteiger partial charge in [0.1, 0.15) is 17.2 Å². The molecule has 1 aliphatic carbocycles. The minimum atomic E-state index is -1.30. The van der Waals surface area contributed by atoms with Gasteiger partial charge in [-0.15, -0.1) is 0 Å². The topological polar surface area (TPSA) is 77.1 Å². The summed E-state index contributed by atoms with van der Waals surface area (Å²) in [6, 6.07) is 2.86. The van der Waals surface area contributed by atoms with Crippen molar-refractivity contribution in [2.24, 2.45) is 0 Å². The number of aryl methyl sites for hydroxylation is 1. The normalized spacial score (nSPS) is 14.2. The van der Waals surface area contributed by atoms with Crippen molar-refractivity contribution >= 4 is 16.9 Å². The van der Waals surface area contributed by atoms with Gasteiger partial charge in [-0.2, -0.15) is 0 Å². The maximum absolute atomic E-state index is 14.6. The molecule has 24 heavy (non-hydrogen) atoms. The van der Waals surface area contributed by atoms with Gasteiger partial charge in [-0.1, -0.05) is 0 Å². The van der Waals surface area contributed by atoms with E-state index in [2.05, 4.69) is 4.98 Å². The zero-order valence-electron chi connectivity index (χ0n) is 12.9. The van der Waals surface area contributed by atoms with E-state index in [9.17, 15) is 19.1 Å². The molecule has 2 aromatic heterocycles. The Morgan fingerprint density at radius 2 is 2.12 bits per heavy atom. The molecule has 0 bridgehead atoms. The van der Waals surface area contributed by atoms with E-state index in [1.807, 2.05) is 0 Å². The first-order chi connectivity index (χ1) is 11.5. The zero-order chi connectivity index (χ0) is 17.0. The fourth-order valence-corrected chi connectivity index (χ4v) is 2.98. The summed E-state index contributed by atoms with van der Waals surface area (Å²) in [5, 5.41) is 9.33. The van der Waals surface area contributed by atoms with Crippen molar-refractivity contribution in [1.82, 2.24) is 14.1 Å². The van der Waals surface area contributed by atoms with Gasteiger partial charge in [0.05, 0.1) is 11.2 Å². The van der Waals surface area contributed by atoms with Crippen molar-refractivity contribution in [3.8, 4) is 5.69 Å². The van der Waals surface area contributed by atoms with Gasteiger partial charge in [0.2, 0.25) is 5.43 Å². The number of imidazole rings is 1. The number of carboxylic acids is 1. The standard InChI is InChI=1S/C17H14FN3O3/c1-9-19-4-5-20(9)15-7-14-11(6-13(15)18)16(22)12(17(23)24)8-21(14)10-2-3-10/h4-8,10H,2-3H2,1H3,(H,23,24). The molecule has 0 saturated heterocycles. The number of hydrogen-bond donors (Lipinski definition) is 1. The minimum absolute atomic E-state index is 0.0841. The van der Waals surface area contributed by atoms with E-state index in [1.54, 1.807) is 34.5 Å². The lowest BCUT2D eigenvalue weighted by Gasteiger charge is -2.14. The van der Waals surface area contributed by atoms with E-state index in [4.69, 9.17) is 0 Å². The lowest BCUT2D eigenvalue weighted by Crippen LogP contribution is -2.19. The molecule has 0 atom stereocenters. The minimum Gasteiger partial charge on any atom is -0.477 e. The molecule has 2 heterocycles. The highest BCUT2D eigenvalue weighted by atomic mass is 19.1. The Hall–Kier alpha value is -2.96. The van der Waals surface area contributed by atoms with Crippen LogP contribution in [-0.2, 0) is 0 Å². The molecule has 1 aliphatic rings. The largest absolute Gasteiger partial charge is 0.477 e. The van der Waals surface area contributed by atoms with Crippen molar-refractivity contribution in [2.45, 2.75) is 25.8 Å². The molecule has 1 fully saturated rings. The summed E-state index contributed by atoms with van der Waals surface area (Å²) in [6.07, 6.45) is 6.40. The Labute approximate surface area is 135 Å². The monoisotopic (exact) mass is 327 g/mol. The summed E-state index contributed by atoms with van der Waals surface area (Å²) < 4.78 is 18.0. The Bertz CT molecular complexity index is 1050. The van der Waals surface area contributed by atoms with E-state index in [-0.39, 0.29) is 22.7 Å². The Morgan fingerprint density at radius 3 is 2.71 bits per heavy atom. The number of halogens is 1. The van der Waals surface area contributed by atoms with Crippen molar-refractivity contribution < 1.29 is 14.3 Å². The number of benzene rings is 1. The molecular weight excluding hydrogens is 313 g/mol. The second kappa shape index (κ2) is 5.02. The van der Waals surface area contributed by atoms with E-state index in [0.717, 1.165) is 18.9 Å². The van der Waals surface area contributed by atoms with Crippen molar-refractivity contribution in [2.75, 3.05) is 0 Å². The first-order valence-corrected chi connectivity index (χ1v) is 7.59. The molecule has 6 nitrogen and oxygen atoms in total. The van der Waals surface area contributed by atoms with Gasteiger partial charge >= 0.3 is 5.97 Å². The number of fused-ring (bicyclic) bond motifs is 1. The summed E-state index contributed by atoms with van der Waals surface area (Å²) in [5.41, 5.74) is -0.172. The number of carboxylic acid groups (broad SMARTS) is 1. The highest BCUT2D eigenvalue weighted by Gasteiger charge is 2.27. The number of nitrogens with zero attached hydrogens (tertiary/aromatic N) is 3. The molecule has 122 valence electrons. The fraction of sp³-hybridized carbons (Fsp3) is 0.235. The Balaban J connectivity index is 2.08. The molecule has 0 radical (unpaired) electrons. The van der Waals surface area contributed by atoms with Crippen molar-refractivity contribution in [3.05, 3.63) is 58.2 Å². The van der Waals surface area contributed by atoms with Crippen LogP contribution in [0.15, 0.2) is 35.5 Å². The average Bonchev–Trinajstić information content (AvgIpc) is 3.29. The highest BCUT2D eigenvalue weighted by Crippen LogP contribution is 2.37. The third-order valence-electron chi connectivity index (χ3n) is 4.36. The fourth-order valence-electron chi connectivity index (χ4n) is 2.98. The average molecular weight is 327 g/mol. The third-order valence-corrected chi connectivity index (χ3v) is 4.36. The quantitative estimate of drug-likeness (QED) is 0.802. The number of aromatic nitrogens is 3. The molecule has 1 aromatic carbocycles. The second-order valence-corrected chi connectivity index (χ2v) is 5.98. The van der Waals surface area contributed by atoms with Crippen LogP contribution in [0, 0.1) is 12.7 Å². The number of carbonyl (C=O) groups is 1. The first kappa shape index (κ1) is 14.6. The van der Waals surface area contributed by atoms with Gasteiger partial charge < -0.3 is 14.2 Å². The molecule has 1 N–H and O–H groups in total. The highest BCUT2D eigenvalue weighted by molar-refractivity contribution is 5.93. The van der Waals surface area contributed by atoms with Crippen LogP contribution in [0.2, 0.25) is 0 Å². The van der Waals surface area contributed by atoms with Crippen LogP contribution in [0.3, 0.4) is 0 Å². The van der Waals surface area contributed by atoms with E-state index < -0.39 is 17.2 Å². The number of hydrogen-bond acceptors (Lipinski definition) is 3. The maximum Gasteiger partial charge on any atom is 0.341 e. The second-order valence-electron chi connectivity index (χ2n) is 5.98. The van der Waals surface area contributed by atoms with E-state index in [0.29, 0.717) is 11.3 Å². The molecule has 0 unspecified atom stereocenters. The van der Waals surface area contributed by atoms with E-state index >= 15 is 0 Å². The summed E-state index contributed by atoms with van der Waals surface area (Å²) in [7, 11) is 0. The van der Waals surface area contributed by atoms with Gasteiger partial charge in [0, 0.05) is 30.0 Å². The van der Waals surface area contributed by atoms with Crippen LogP contribution >= 0.6 is 0 Å². The van der Waals surface area contributed by atoms with Crippen LogP contribution in [0.25, 0.3) is 16.6 Å². The Morgan fingerprint density at radius 1 is 1.38 bits per heavy atom. The third kappa shape index (κ3) is 2.12. The van der Waals surface area contributed by atoms with Crippen LogP contribution < -0.4 is 5.43 Å². The molecule has 0 aliphatic heterocycles. The molecule has 0 spiro atoms.